The number of carboxylic acid groups (broad SMARTS) is 1. The molecule has 1 N–H and O–H groups in total. The molecule has 0 spiro atoms. The summed E-state index contributed by atoms with van der Waals surface area (Å²) in [7, 11) is 0. The number of hydrogen-bond donors (Lipinski definition) is 1. The highest BCUT2D eigenvalue weighted by Crippen LogP contribution is 2.23. The van der Waals surface area contributed by atoms with Crippen molar-refractivity contribution in [1.29, 1.82) is 0 Å². The Morgan fingerprint density at radius 3 is 2.30 bits per heavy atom. The van der Waals surface area contributed by atoms with Crippen LogP contribution in [0, 0.1) is 0 Å². The summed E-state index contributed by atoms with van der Waals surface area (Å²) in [5, 5.41) is 9.14. The van der Waals surface area contributed by atoms with Gasteiger partial charge in [-0.15, -0.1) is 0 Å². The van der Waals surface area contributed by atoms with Gasteiger partial charge in [0.1, 0.15) is 6.54 Å². The maximum Gasteiger partial charge on any atom is 0.323 e. The minimum absolute atomic E-state index is 0.0181. The molecule has 0 unspecified atom stereocenters. The molecule has 0 saturated heterocycles. The minimum atomic E-state index is -0.928. The van der Waals surface area contributed by atoms with Gasteiger partial charge in [-0.25, -0.2) is 0 Å². The van der Waals surface area contributed by atoms with Crippen molar-refractivity contribution in [3.05, 3.63) is 30.3 Å². The molecule has 0 aliphatic heterocycles. The molecule has 2 rings (SSSR count). The van der Waals surface area contributed by atoms with Crippen LogP contribution in [0.1, 0.15) is 39.0 Å². The maximum absolute atomic E-state index is 12.7. The molecule has 126 valence electrons. The van der Waals surface area contributed by atoms with Crippen molar-refractivity contribution >= 4 is 17.6 Å². The number of carboxylic acids is 1. The van der Waals surface area contributed by atoms with Crippen LogP contribution < -0.4 is 4.90 Å². The molecule has 1 amide bonds. The first-order valence-corrected chi connectivity index (χ1v) is 8.43. The Bertz CT molecular complexity index is 512. The lowest BCUT2D eigenvalue weighted by atomic mass is 9.94. The molecule has 0 radical (unpaired) electrons. The number of carbonyl (C=O) groups excluding carboxylic acids is 1. The fraction of sp³-hybridized carbons (Fsp3) is 0.556. The molecule has 1 aromatic carbocycles. The second kappa shape index (κ2) is 8.56. The van der Waals surface area contributed by atoms with Gasteiger partial charge in [0.05, 0.1) is 6.54 Å². The summed E-state index contributed by atoms with van der Waals surface area (Å²) in [6, 6.07) is 9.58. The number of amides is 1. The zero-order valence-corrected chi connectivity index (χ0v) is 13.8. The number of likely N-dealkylation sites (N-methyl/N-ethyl adjacent to an activating group) is 1. The van der Waals surface area contributed by atoms with Crippen LogP contribution >= 0.6 is 0 Å². The summed E-state index contributed by atoms with van der Waals surface area (Å²) < 4.78 is 0. The lowest BCUT2D eigenvalue weighted by Gasteiger charge is -2.35. The average Bonchev–Trinajstić information content (AvgIpc) is 2.56. The predicted molar refractivity (Wildman–Crippen MR) is 90.6 cm³/mol. The highest BCUT2D eigenvalue weighted by molar-refractivity contribution is 5.84. The first kappa shape index (κ1) is 17.3. The summed E-state index contributed by atoms with van der Waals surface area (Å²) in [6.07, 6.45) is 5.71. The van der Waals surface area contributed by atoms with Gasteiger partial charge in [0.2, 0.25) is 5.91 Å². The van der Waals surface area contributed by atoms with E-state index in [1.807, 2.05) is 42.2 Å². The van der Waals surface area contributed by atoms with Gasteiger partial charge in [0, 0.05) is 18.3 Å². The third-order valence-corrected chi connectivity index (χ3v) is 4.45. The number of hydrogen-bond acceptors (Lipinski definition) is 3. The summed E-state index contributed by atoms with van der Waals surface area (Å²) in [4.78, 5) is 27.4. The van der Waals surface area contributed by atoms with Crippen molar-refractivity contribution in [2.75, 3.05) is 24.5 Å². The maximum atomic E-state index is 12.7. The second-order valence-corrected chi connectivity index (χ2v) is 6.06. The molecule has 1 aliphatic rings. The minimum Gasteiger partial charge on any atom is -0.480 e. The number of anilines is 1. The predicted octanol–water partition coefficient (Wildman–Crippen LogP) is 2.76. The van der Waals surface area contributed by atoms with E-state index in [2.05, 4.69) is 0 Å². The number of aliphatic carboxylic acids is 1. The van der Waals surface area contributed by atoms with Crippen LogP contribution in [0.2, 0.25) is 0 Å². The van der Waals surface area contributed by atoms with Gasteiger partial charge in [0.15, 0.2) is 0 Å². The topological polar surface area (TPSA) is 60.9 Å². The number of rotatable bonds is 7. The lowest BCUT2D eigenvalue weighted by Crippen LogP contribution is -2.47. The lowest BCUT2D eigenvalue weighted by molar-refractivity contribution is -0.135. The molecule has 1 aliphatic carbocycles. The fourth-order valence-electron chi connectivity index (χ4n) is 3.33. The smallest absolute Gasteiger partial charge is 0.323 e. The van der Waals surface area contributed by atoms with Crippen LogP contribution in [-0.4, -0.2) is 47.6 Å². The van der Waals surface area contributed by atoms with Crippen molar-refractivity contribution in [3.63, 3.8) is 0 Å². The first-order chi connectivity index (χ1) is 11.1. The molecule has 5 heteroatoms. The Balaban J connectivity index is 2.07. The average molecular weight is 318 g/mol. The molecular formula is C18H26N2O3. The van der Waals surface area contributed by atoms with Gasteiger partial charge in [-0.2, -0.15) is 0 Å². The van der Waals surface area contributed by atoms with E-state index in [1.54, 1.807) is 4.90 Å². The van der Waals surface area contributed by atoms with Crippen LogP contribution in [0.15, 0.2) is 30.3 Å². The van der Waals surface area contributed by atoms with E-state index in [4.69, 9.17) is 5.11 Å². The SMILES string of the molecule is CCN(C(=O)CN(CC(=O)O)c1ccccc1)C1CCCCC1. The molecule has 23 heavy (non-hydrogen) atoms. The number of para-hydroxylation sites is 1. The highest BCUT2D eigenvalue weighted by Gasteiger charge is 2.26. The summed E-state index contributed by atoms with van der Waals surface area (Å²) in [5.41, 5.74) is 0.767. The Labute approximate surface area is 137 Å². The normalized spacial score (nSPS) is 15.2. The van der Waals surface area contributed by atoms with Crippen molar-refractivity contribution in [3.8, 4) is 0 Å². The second-order valence-electron chi connectivity index (χ2n) is 6.06. The number of carbonyl (C=O) groups is 2. The van der Waals surface area contributed by atoms with Gasteiger partial charge < -0.3 is 14.9 Å². The van der Waals surface area contributed by atoms with Crippen LogP contribution in [0.3, 0.4) is 0 Å². The molecule has 1 aromatic rings. The summed E-state index contributed by atoms with van der Waals surface area (Å²) >= 11 is 0. The Morgan fingerprint density at radius 1 is 1.09 bits per heavy atom. The van der Waals surface area contributed by atoms with E-state index < -0.39 is 5.97 Å². The van der Waals surface area contributed by atoms with E-state index in [9.17, 15) is 9.59 Å². The van der Waals surface area contributed by atoms with E-state index in [0.717, 1.165) is 18.5 Å². The molecule has 1 saturated carbocycles. The van der Waals surface area contributed by atoms with E-state index in [0.29, 0.717) is 12.6 Å². The van der Waals surface area contributed by atoms with E-state index in [-0.39, 0.29) is 19.0 Å². The molecular weight excluding hydrogens is 292 g/mol. The van der Waals surface area contributed by atoms with Crippen molar-refractivity contribution in [2.45, 2.75) is 45.1 Å². The molecule has 1 fully saturated rings. The van der Waals surface area contributed by atoms with Crippen LogP contribution in [0.25, 0.3) is 0 Å². The Hall–Kier alpha value is -2.04. The van der Waals surface area contributed by atoms with Crippen molar-refractivity contribution in [1.82, 2.24) is 4.90 Å². The standard InChI is InChI=1S/C18H26N2O3/c1-2-20(16-11-7-4-8-12-16)17(21)13-19(14-18(22)23)15-9-5-3-6-10-15/h3,5-6,9-10,16H,2,4,7-8,11-14H2,1H3,(H,22,23). The largest absolute Gasteiger partial charge is 0.480 e. The van der Waals surface area contributed by atoms with Crippen molar-refractivity contribution in [2.24, 2.45) is 0 Å². The van der Waals surface area contributed by atoms with Gasteiger partial charge in [-0.1, -0.05) is 37.5 Å². The Kier molecular flexibility index (Phi) is 6.44. The molecule has 0 heterocycles. The summed E-state index contributed by atoms with van der Waals surface area (Å²) in [6.45, 7) is 2.62. The third kappa shape index (κ3) is 4.98. The molecule has 5 nitrogen and oxygen atoms in total. The molecule has 0 aromatic heterocycles. The number of nitrogens with zero attached hydrogens (tertiary/aromatic N) is 2. The van der Waals surface area contributed by atoms with Crippen LogP contribution in [0.5, 0.6) is 0 Å². The summed E-state index contributed by atoms with van der Waals surface area (Å²) in [5.74, 6) is -0.910. The molecule has 0 bridgehead atoms. The number of benzene rings is 1. The zero-order chi connectivity index (χ0) is 16.7. The first-order valence-electron chi connectivity index (χ1n) is 8.43. The quantitative estimate of drug-likeness (QED) is 0.840. The zero-order valence-electron chi connectivity index (χ0n) is 13.8. The van der Waals surface area contributed by atoms with Gasteiger partial charge in [0.25, 0.3) is 0 Å². The van der Waals surface area contributed by atoms with Crippen molar-refractivity contribution < 1.29 is 14.7 Å². The van der Waals surface area contributed by atoms with Gasteiger partial charge >= 0.3 is 5.97 Å². The fourth-order valence-corrected chi connectivity index (χ4v) is 3.33. The van der Waals surface area contributed by atoms with Crippen LogP contribution in [0.4, 0.5) is 5.69 Å². The highest BCUT2D eigenvalue weighted by atomic mass is 16.4. The van der Waals surface area contributed by atoms with E-state index in [1.165, 1.54) is 19.3 Å². The third-order valence-electron chi connectivity index (χ3n) is 4.45. The van der Waals surface area contributed by atoms with E-state index >= 15 is 0 Å². The Morgan fingerprint density at radius 2 is 1.74 bits per heavy atom. The van der Waals surface area contributed by atoms with Gasteiger partial charge in [-0.05, 0) is 31.9 Å². The van der Waals surface area contributed by atoms with Gasteiger partial charge in [-0.3, -0.25) is 9.59 Å². The monoisotopic (exact) mass is 318 g/mol. The molecule has 0 atom stereocenters. The van der Waals surface area contributed by atoms with Crippen LogP contribution in [-0.2, 0) is 9.59 Å².